The van der Waals surface area contributed by atoms with Crippen LogP contribution in [0.2, 0.25) is 0 Å². The van der Waals surface area contributed by atoms with E-state index in [2.05, 4.69) is 0 Å². The summed E-state index contributed by atoms with van der Waals surface area (Å²) in [5.74, 6) is 0.449. The average Bonchev–Trinajstić information content (AvgIpc) is 2.50. The van der Waals surface area contributed by atoms with Crippen molar-refractivity contribution in [1.82, 2.24) is 4.90 Å². The zero-order valence-electron chi connectivity index (χ0n) is 13.9. The average molecular weight is 323 g/mol. The maximum absolute atomic E-state index is 12.2. The SMILES string of the molecule is CCOc1ccc(OCC(=O)N(CCC(=O)O)CC(C)C)cc1. The normalized spacial score (nSPS) is 10.4. The number of hydrogen-bond donors (Lipinski definition) is 1. The Balaban J connectivity index is 2.54. The Labute approximate surface area is 137 Å². The maximum Gasteiger partial charge on any atom is 0.305 e. The van der Waals surface area contributed by atoms with Crippen molar-refractivity contribution in [2.45, 2.75) is 27.2 Å². The molecule has 1 rings (SSSR count). The minimum absolute atomic E-state index is 0.0679. The largest absolute Gasteiger partial charge is 0.494 e. The van der Waals surface area contributed by atoms with Crippen LogP contribution < -0.4 is 9.47 Å². The first-order valence-corrected chi connectivity index (χ1v) is 7.77. The van der Waals surface area contributed by atoms with Crippen LogP contribution in [0.3, 0.4) is 0 Å². The first kappa shape index (κ1) is 18.8. The van der Waals surface area contributed by atoms with Gasteiger partial charge in [0.15, 0.2) is 6.61 Å². The van der Waals surface area contributed by atoms with Gasteiger partial charge >= 0.3 is 5.97 Å². The molecule has 0 saturated heterocycles. The maximum atomic E-state index is 12.2. The zero-order chi connectivity index (χ0) is 17.2. The van der Waals surface area contributed by atoms with Crippen LogP contribution >= 0.6 is 0 Å². The van der Waals surface area contributed by atoms with Crippen molar-refractivity contribution in [1.29, 1.82) is 0 Å². The van der Waals surface area contributed by atoms with E-state index in [1.54, 1.807) is 24.3 Å². The van der Waals surface area contributed by atoms with E-state index in [-0.39, 0.29) is 31.4 Å². The van der Waals surface area contributed by atoms with Crippen molar-refractivity contribution in [2.24, 2.45) is 5.92 Å². The quantitative estimate of drug-likeness (QED) is 0.715. The highest BCUT2D eigenvalue weighted by molar-refractivity contribution is 5.78. The number of hydrogen-bond acceptors (Lipinski definition) is 4. The predicted molar refractivity (Wildman–Crippen MR) is 86.8 cm³/mol. The summed E-state index contributed by atoms with van der Waals surface area (Å²) in [4.78, 5) is 24.4. The predicted octanol–water partition coefficient (Wildman–Crippen LogP) is 2.42. The molecular weight excluding hydrogens is 298 g/mol. The van der Waals surface area contributed by atoms with Crippen LogP contribution in [0.1, 0.15) is 27.2 Å². The number of ether oxygens (including phenoxy) is 2. The van der Waals surface area contributed by atoms with Crippen molar-refractivity contribution in [3.63, 3.8) is 0 Å². The van der Waals surface area contributed by atoms with Crippen LogP contribution in [-0.4, -0.2) is 48.2 Å². The molecule has 23 heavy (non-hydrogen) atoms. The fraction of sp³-hybridized carbons (Fsp3) is 0.529. The van der Waals surface area contributed by atoms with Crippen molar-refractivity contribution in [3.05, 3.63) is 24.3 Å². The van der Waals surface area contributed by atoms with Gasteiger partial charge in [0, 0.05) is 13.1 Å². The van der Waals surface area contributed by atoms with Gasteiger partial charge in [-0.25, -0.2) is 0 Å². The highest BCUT2D eigenvalue weighted by Gasteiger charge is 2.16. The minimum Gasteiger partial charge on any atom is -0.494 e. The van der Waals surface area contributed by atoms with E-state index in [4.69, 9.17) is 14.6 Å². The number of carboxylic acid groups (broad SMARTS) is 1. The fourth-order valence-corrected chi connectivity index (χ4v) is 2.02. The number of aliphatic carboxylic acids is 1. The Morgan fingerprint density at radius 3 is 2.17 bits per heavy atom. The van der Waals surface area contributed by atoms with Gasteiger partial charge in [-0.3, -0.25) is 9.59 Å². The zero-order valence-corrected chi connectivity index (χ0v) is 13.9. The Kier molecular flexibility index (Phi) is 7.94. The van der Waals surface area contributed by atoms with Crippen molar-refractivity contribution in [3.8, 4) is 11.5 Å². The summed E-state index contributed by atoms with van der Waals surface area (Å²) in [6.45, 7) is 7.05. The summed E-state index contributed by atoms with van der Waals surface area (Å²) >= 11 is 0. The number of carbonyl (C=O) groups is 2. The van der Waals surface area contributed by atoms with Crippen LogP contribution in [0.25, 0.3) is 0 Å². The van der Waals surface area contributed by atoms with Crippen molar-refractivity contribution in [2.75, 3.05) is 26.3 Å². The van der Waals surface area contributed by atoms with Crippen LogP contribution in [0.5, 0.6) is 11.5 Å². The number of carboxylic acids is 1. The Hall–Kier alpha value is -2.24. The summed E-state index contributed by atoms with van der Waals surface area (Å²) in [7, 11) is 0. The van der Waals surface area contributed by atoms with Gasteiger partial charge in [-0.1, -0.05) is 13.8 Å². The molecule has 128 valence electrons. The van der Waals surface area contributed by atoms with Crippen LogP contribution in [-0.2, 0) is 9.59 Å². The summed E-state index contributed by atoms with van der Waals surface area (Å²) in [5, 5.41) is 8.77. The highest BCUT2D eigenvalue weighted by Crippen LogP contribution is 2.17. The first-order valence-electron chi connectivity index (χ1n) is 7.77. The minimum atomic E-state index is -0.918. The molecule has 0 spiro atoms. The van der Waals surface area contributed by atoms with Gasteiger partial charge < -0.3 is 19.5 Å². The number of benzene rings is 1. The molecule has 0 aliphatic carbocycles. The monoisotopic (exact) mass is 323 g/mol. The van der Waals surface area contributed by atoms with Gasteiger partial charge in [0.2, 0.25) is 0 Å². The summed E-state index contributed by atoms with van der Waals surface area (Å²) in [6.07, 6.45) is -0.0679. The lowest BCUT2D eigenvalue weighted by molar-refractivity contribution is -0.139. The van der Waals surface area contributed by atoms with E-state index < -0.39 is 5.97 Å². The lowest BCUT2D eigenvalue weighted by Crippen LogP contribution is -2.38. The van der Waals surface area contributed by atoms with E-state index in [0.29, 0.717) is 18.9 Å². The highest BCUT2D eigenvalue weighted by atomic mass is 16.5. The lowest BCUT2D eigenvalue weighted by atomic mass is 10.2. The second-order valence-corrected chi connectivity index (χ2v) is 5.57. The standard InChI is InChI=1S/C17H25NO5/c1-4-22-14-5-7-15(8-6-14)23-12-16(19)18(11-13(2)3)10-9-17(20)21/h5-8,13H,4,9-12H2,1-3H3,(H,20,21). The van der Waals surface area contributed by atoms with E-state index in [9.17, 15) is 9.59 Å². The molecule has 0 bridgehead atoms. The molecule has 0 fully saturated rings. The molecule has 0 heterocycles. The van der Waals surface area contributed by atoms with Crippen LogP contribution in [0.15, 0.2) is 24.3 Å². The van der Waals surface area contributed by atoms with E-state index in [0.717, 1.165) is 5.75 Å². The molecule has 0 atom stereocenters. The van der Waals surface area contributed by atoms with Crippen LogP contribution in [0.4, 0.5) is 0 Å². The molecule has 0 unspecified atom stereocenters. The van der Waals surface area contributed by atoms with E-state index in [1.807, 2.05) is 20.8 Å². The molecular formula is C17H25NO5. The Morgan fingerprint density at radius 2 is 1.70 bits per heavy atom. The third-order valence-corrected chi connectivity index (χ3v) is 3.03. The van der Waals surface area contributed by atoms with Crippen LogP contribution in [0, 0.1) is 5.92 Å². The number of nitrogens with zero attached hydrogens (tertiary/aromatic N) is 1. The molecule has 0 radical (unpaired) electrons. The molecule has 1 N–H and O–H groups in total. The van der Waals surface area contributed by atoms with Gasteiger partial charge in [0.25, 0.3) is 5.91 Å². The molecule has 1 aromatic carbocycles. The van der Waals surface area contributed by atoms with Crippen molar-refractivity contribution >= 4 is 11.9 Å². The third-order valence-electron chi connectivity index (χ3n) is 3.03. The molecule has 6 heteroatoms. The van der Waals surface area contributed by atoms with Gasteiger partial charge in [0.05, 0.1) is 13.0 Å². The van der Waals surface area contributed by atoms with Crippen molar-refractivity contribution < 1.29 is 24.2 Å². The van der Waals surface area contributed by atoms with E-state index in [1.165, 1.54) is 4.90 Å². The number of carbonyl (C=O) groups excluding carboxylic acids is 1. The van der Waals surface area contributed by atoms with E-state index >= 15 is 0 Å². The molecule has 0 aliphatic rings. The summed E-state index contributed by atoms with van der Waals surface area (Å²) in [6, 6.07) is 7.03. The Bertz CT molecular complexity index is 498. The molecule has 0 saturated carbocycles. The summed E-state index contributed by atoms with van der Waals surface area (Å²) < 4.78 is 10.8. The first-order chi connectivity index (χ1) is 10.9. The fourth-order valence-electron chi connectivity index (χ4n) is 2.02. The lowest BCUT2D eigenvalue weighted by Gasteiger charge is -2.24. The molecule has 1 aromatic rings. The smallest absolute Gasteiger partial charge is 0.305 e. The topological polar surface area (TPSA) is 76.1 Å². The molecule has 0 aromatic heterocycles. The molecule has 6 nitrogen and oxygen atoms in total. The van der Waals surface area contributed by atoms with Gasteiger partial charge in [0.1, 0.15) is 11.5 Å². The number of amides is 1. The molecule has 1 amide bonds. The second kappa shape index (κ2) is 9.71. The number of rotatable bonds is 10. The summed E-state index contributed by atoms with van der Waals surface area (Å²) in [5.41, 5.74) is 0. The third kappa shape index (κ3) is 7.54. The van der Waals surface area contributed by atoms with Gasteiger partial charge in [-0.2, -0.15) is 0 Å². The van der Waals surface area contributed by atoms with Gasteiger partial charge in [-0.15, -0.1) is 0 Å². The molecule has 0 aliphatic heterocycles. The Morgan fingerprint density at radius 1 is 1.13 bits per heavy atom. The van der Waals surface area contributed by atoms with Gasteiger partial charge in [-0.05, 0) is 37.1 Å². The second-order valence-electron chi connectivity index (χ2n) is 5.57.